The normalized spacial score (nSPS) is 48.6. The maximum atomic E-state index is 12.8. The molecule has 2 heteroatoms. The summed E-state index contributed by atoms with van der Waals surface area (Å²) in [6.45, 7) is 7.02. The van der Waals surface area contributed by atoms with Gasteiger partial charge in [0.1, 0.15) is 0 Å². The Labute approximate surface area is 139 Å². The van der Waals surface area contributed by atoms with Crippen molar-refractivity contribution in [2.75, 3.05) is 0 Å². The Kier molecular flexibility index (Phi) is 3.28. The molecule has 3 fully saturated rings. The molecule has 6 atom stereocenters. The maximum absolute atomic E-state index is 12.8. The van der Waals surface area contributed by atoms with Crippen LogP contribution in [0.3, 0.4) is 0 Å². The Bertz CT molecular complexity index is 628. The summed E-state index contributed by atoms with van der Waals surface area (Å²) in [4.78, 5) is 24.6. The number of ketones is 2. The van der Waals surface area contributed by atoms with Crippen LogP contribution in [0.2, 0.25) is 0 Å². The molecular weight excluding hydrogens is 284 g/mol. The predicted octanol–water partition coefficient (Wildman–Crippen LogP) is 4.50. The fourth-order valence-corrected chi connectivity index (χ4v) is 6.82. The van der Waals surface area contributed by atoms with Crippen molar-refractivity contribution in [1.29, 1.82) is 0 Å². The van der Waals surface area contributed by atoms with Crippen LogP contribution < -0.4 is 0 Å². The van der Waals surface area contributed by atoms with Gasteiger partial charge in [-0.3, -0.25) is 9.59 Å². The second-order valence-corrected chi connectivity index (χ2v) is 8.81. The van der Waals surface area contributed by atoms with E-state index in [1.807, 2.05) is 6.08 Å². The van der Waals surface area contributed by atoms with Crippen molar-refractivity contribution in [2.45, 2.75) is 59.3 Å². The minimum absolute atomic E-state index is 0.0168. The van der Waals surface area contributed by atoms with Crippen molar-refractivity contribution >= 4 is 11.6 Å². The molecule has 4 rings (SSSR count). The minimum Gasteiger partial charge on any atom is -0.295 e. The van der Waals surface area contributed by atoms with Crippen LogP contribution in [0, 0.1) is 34.5 Å². The summed E-state index contributed by atoms with van der Waals surface area (Å²) in [7, 11) is 0. The van der Waals surface area contributed by atoms with E-state index in [-0.39, 0.29) is 17.0 Å². The number of fused-ring (bicyclic) bond motifs is 5. The molecule has 124 valence electrons. The topological polar surface area (TPSA) is 34.1 Å². The van der Waals surface area contributed by atoms with E-state index in [1.165, 1.54) is 32.1 Å². The van der Waals surface area contributed by atoms with Crippen LogP contribution in [0.1, 0.15) is 59.3 Å². The predicted molar refractivity (Wildman–Crippen MR) is 90.8 cm³/mol. The van der Waals surface area contributed by atoms with Gasteiger partial charge in [0.2, 0.25) is 0 Å². The average molecular weight is 312 g/mol. The van der Waals surface area contributed by atoms with Gasteiger partial charge in [-0.25, -0.2) is 0 Å². The van der Waals surface area contributed by atoms with Gasteiger partial charge in [0.15, 0.2) is 11.6 Å². The summed E-state index contributed by atoms with van der Waals surface area (Å²) >= 11 is 0. The molecule has 0 radical (unpaired) electrons. The third-order valence-electron chi connectivity index (χ3n) is 8.08. The largest absolute Gasteiger partial charge is 0.295 e. The molecule has 2 nitrogen and oxygen atoms in total. The lowest BCUT2D eigenvalue weighted by Crippen LogP contribution is -2.51. The number of rotatable bonds is 1. The van der Waals surface area contributed by atoms with E-state index in [1.54, 1.807) is 12.2 Å². The molecule has 3 saturated carbocycles. The summed E-state index contributed by atoms with van der Waals surface area (Å²) in [6, 6.07) is 0. The van der Waals surface area contributed by atoms with Crippen LogP contribution in [0.25, 0.3) is 0 Å². The van der Waals surface area contributed by atoms with Crippen molar-refractivity contribution in [2.24, 2.45) is 34.5 Å². The van der Waals surface area contributed by atoms with Crippen molar-refractivity contribution in [3.05, 3.63) is 23.8 Å². The summed E-state index contributed by atoms with van der Waals surface area (Å²) < 4.78 is 0. The Morgan fingerprint density at radius 2 is 1.91 bits per heavy atom. The molecule has 0 bridgehead atoms. The fraction of sp³-hybridized carbons (Fsp3) is 0.714. The van der Waals surface area contributed by atoms with E-state index in [0.717, 1.165) is 11.5 Å². The summed E-state index contributed by atoms with van der Waals surface area (Å²) in [5.41, 5.74) is 1.02. The van der Waals surface area contributed by atoms with Gasteiger partial charge in [-0.1, -0.05) is 33.3 Å². The highest BCUT2D eigenvalue weighted by molar-refractivity contribution is 6.10. The van der Waals surface area contributed by atoms with Gasteiger partial charge in [0.25, 0.3) is 0 Å². The SMILES string of the molecule is CCC1CC[C@H]2[C@@H]3CC(=O)C4=CC(=O)C=C[C@]4(C)[C@H]3CC[C@]12C. The first-order valence-electron chi connectivity index (χ1n) is 9.38. The number of carbonyl (C=O) groups excluding carboxylic acids is 2. The molecule has 4 aliphatic rings. The van der Waals surface area contributed by atoms with E-state index < -0.39 is 0 Å². The highest BCUT2D eigenvalue weighted by atomic mass is 16.1. The number of hydrogen-bond donors (Lipinski definition) is 0. The van der Waals surface area contributed by atoms with Crippen LogP contribution in [0.15, 0.2) is 23.8 Å². The molecule has 0 N–H and O–H groups in total. The standard InChI is InChI=1S/C21H28O2/c1-4-13-5-6-16-15-12-19(23)18-11-14(22)7-9-21(18,3)17(15)8-10-20(13,16)2/h7,9,11,13,15-17H,4-6,8,10,12H2,1-3H3/t13?,15-,16-,17-,20+,21+/m0/s1. The Balaban J connectivity index is 1.73. The van der Waals surface area contributed by atoms with Crippen LogP contribution in [-0.4, -0.2) is 11.6 Å². The average Bonchev–Trinajstić information content (AvgIpc) is 2.86. The summed E-state index contributed by atoms with van der Waals surface area (Å²) in [6.07, 6.45) is 12.4. The third kappa shape index (κ3) is 1.93. The van der Waals surface area contributed by atoms with E-state index in [9.17, 15) is 9.59 Å². The van der Waals surface area contributed by atoms with Gasteiger partial charge in [-0.15, -0.1) is 0 Å². The summed E-state index contributed by atoms with van der Waals surface area (Å²) in [5, 5.41) is 0. The quantitative estimate of drug-likeness (QED) is 0.714. The molecule has 0 aromatic heterocycles. The van der Waals surface area contributed by atoms with Gasteiger partial charge < -0.3 is 0 Å². The molecule has 4 aliphatic carbocycles. The zero-order valence-electron chi connectivity index (χ0n) is 14.6. The van der Waals surface area contributed by atoms with Gasteiger partial charge >= 0.3 is 0 Å². The number of Topliss-reactive ketones (excluding diaryl/α,β-unsaturated/α-hetero) is 1. The van der Waals surface area contributed by atoms with E-state index >= 15 is 0 Å². The minimum atomic E-state index is -0.209. The molecule has 23 heavy (non-hydrogen) atoms. The van der Waals surface area contributed by atoms with Gasteiger partial charge in [0.05, 0.1) is 0 Å². The second-order valence-electron chi connectivity index (χ2n) is 8.81. The second kappa shape index (κ2) is 4.91. The van der Waals surface area contributed by atoms with Crippen molar-refractivity contribution in [3.8, 4) is 0 Å². The Hall–Kier alpha value is -1.18. The first-order valence-corrected chi connectivity index (χ1v) is 9.38. The highest BCUT2D eigenvalue weighted by Gasteiger charge is 2.59. The maximum Gasteiger partial charge on any atom is 0.178 e. The monoisotopic (exact) mass is 312 g/mol. The van der Waals surface area contributed by atoms with E-state index in [2.05, 4.69) is 20.8 Å². The molecule has 0 aromatic rings. The summed E-state index contributed by atoms with van der Waals surface area (Å²) in [5.74, 6) is 2.78. The lowest BCUT2D eigenvalue weighted by molar-refractivity contribution is -0.126. The first kappa shape index (κ1) is 15.4. The van der Waals surface area contributed by atoms with E-state index in [4.69, 9.17) is 0 Å². The highest BCUT2D eigenvalue weighted by Crippen LogP contribution is 2.65. The molecule has 0 aromatic carbocycles. The van der Waals surface area contributed by atoms with Crippen LogP contribution in [0.4, 0.5) is 0 Å². The molecule has 0 aliphatic heterocycles. The van der Waals surface area contributed by atoms with Crippen LogP contribution in [0.5, 0.6) is 0 Å². The third-order valence-corrected chi connectivity index (χ3v) is 8.08. The first-order chi connectivity index (χ1) is 10.9. The lowest BCUT2D eigenvalue weighted by Gasteiger charge is -2.56. The van der Waals surface area contributed by atoms with Crippen LogP contribution >= 0.6 is 0 Å². The zero-order chi connectivity index (χ0) is 16.4. The van der Waals surface area contributed by atoms with Crippen LogP contribution in [-0.2, 0) is 9.59 Å². The van der Waals surface area contributed by atoms with Crippen molar-refractivity contribution in [1.82, 2.24) is 0 Å². The van der Waals surface area contributed by atoms with Gasteiger partial charge in [-0.05, 0) is 66.9 Å². The fourth-order valence-electron chi connectivity index (χ4n) is 6.82. The molecule has 0 saturated heterocycles. The smallest absolute Gasteiger partial charge is 0.178 e. The number of allylic oxidation sites excluding steroid dienone is 4. The molecule has 0 heterocycles. The number of hydrogen-bond acceptors (Lipinski definition) is 2. The molecule has 1 unspecified atom stereocenters. The molecule has 0 spiro atoms. The van der Waals surface area contributed by atoms with Crippen molar-refractivity contribution < 1.29 is 9.59 Å². The lowest BCUT2D eigenvalue weighted by atomic mass is 9.47. The van der Waals surface area contributed by atoms with Gasteiger partial charge in [-0.2, -0.15) is 0 Å². The Morgan fingerprint density at radius 1 is 1.13 bits per heavy atom. The van der Waals surface area contributed by atoms with Crippen molar-refractivity contribution in [3.63, 3.8) is 0 Å². The number of carbonyl (C=O) groups is 2. The molecular formula is C21H28O2. The van der Waals surface area contributed by atoms with E-state index in [0.29, 0.717) is 29.6 Å². The molecule has 0 amide bonds. The zero-order valence-corrected chi connectivity index (χ0v) is 14.6. The van der Waals surface area contributed by atoms with Gasteiger partial charge in [0, 0.05) is 17.4 Å². The Morgan fingerprint density at radius 3 is 2.65 bits per heavy atom.